The number of ether oxygens (including phenoxy) is 1. The van der Waals surface area contributed by atoms with Crippen molar-refractivity contribution in [2.75, 3.05) is 13.2 Å². The Labute approximate surface area is 76.8 Å². The van der Waals surface area contributed by atoms with Crippen molar-refractivity contribution in [3.63, 3.8) is 0 Å². The van der Waals surface area contributed by atoms with E-state index in [0.717, 1.165) is 0 Å². The Balaban J connectivity index is 2.60. The summed E-state index contributed by atoms with van der Waals surface area (Å²) in [5, 5.41) is 17.9. The number of carbonyl (C=O) groups excluding carboxylic acids is 1. The van der Waals surface area contributed by atoms with E-state index in [4.69, 9.17) is 14.9 Å². The molecule has 0 fully saturated rings. The first kappa shape index (κ1) is 10.2. The van der Waals surface area contributed by atoms with Crippen LogP contribution in [-0.2, 0) is 9.53 Å². The molecule has 3 atom stereocenters. The van der Waals surface area contributed by atoms with Crippen molar-refractivity contribution in [3.8, 4) is 0 Å². The van der Waals surface area contributed by atoms with Crippen molar-refractivity contribution in [2.24, 2.45) is 11.8 Å². The minimum absolute atomic E-state index is 0.0645. The van der Waals surface area contributed by atoms with E-state index < -0.39 is 6.10 Å². The van der Waals surface area contributed by atoms with Crippen LogP contribution in [0.3, 0.4) is 0 Å². The van der Waals surface area contributed by atoms with Gasteiger partial charge in [0.15, 0.2) is 0 Å². The van der Waals surface area contributed by atoms with Crippen molar-refractivity contribution >= 4 is 5.97 Å². The molecule has 0 aliphatic heterocycles. The Hall–Kier alpha value is -0.870. The first-order chi connectivity index (χ1) is 6.19. The van der Waals surface area contributed by atoms with Gasteiger partial charge < -0.3 is 14.9 Å². The first-order valence-electron chi connectivity index (χ1n) is 4.26. The summed E-state index contributed by atoms with van der Waals surface area (Å²) in [5.74, 6) is -0.743. The monoisotopic (exact) mass is 186 g/mol. The summed E-state index contributed by atoms with van der Waals surface area (Å²) in [4.78, 5) is 10.7. The summed E-state index contributed by atoms with van der Waals surface area (Å²) >= 11 is 0. The van der Waals surface area contributed by atoms with E-state index >= 15 is 0 Å². The summed E-state index contributed by atoms with van der Waals surface area (Å²) < 4.78 is 5.00. The number of aliphatic hydroxyl groups is 2. The van der Waals surface area contributed by atoms with E-state index in [2.05, 4.69) is 0 Å². The lowest BCUT2D eigenvalue weighted by Gasteiger charge is -2.22. The van der Waals surface area contributed by atoms with Crippen molar-refractivity contribution in [1.29, 1.82) is 0 Å². The van der Waals surface area contributed by atoms with Gasteiger partial charge in [0.2, 0.25) is 0 Å². The predicted octanol–water partition coefficient (Wildman–Crippen LogP) is -0.295. The fourth-order valence-corrected chi connectivity index (χ4v) is 1.52. The minimum atomic E-state index is -0.410. The van der Waals surface area contributed by atoms with Gasteiger partial charge >= 0.3 is 5.97 Å². The number of hydrogen-bond acceptors (Lipinski definition) is 4. The average Bonchev–Trinajstić information content (AvgIpc) is 2.46. The Bertz CT molecular complexity index is 198. The molecule has 0 amide bonds. The fourth-order valence-electron chi connectivity index (χ4n) is 1.52. The van der Waals surface area contributed by atoms with Gasteiger partial charge in [-0.3, -0.25) is 4.79 Å². The second kappa shape index (κ2) is 4.39. The molecule has 1 aliphatic carbocycles. The Morgan fingerprint density at radius 1 is 1.31 bits per heavy atom. The lowest BCUT2D eigenvalue weighted by molar-refractivity contribution is -0.151. The molecule has 1 aliphatic rings. The number of hydrogen-bond donors (Lipinski definition) is 2. The molecule has 0 bridgehead atoms. The maximum atomic E-state index is 10.7. The molecule has 0 heterocycles. The molecule has 4 heteroatoms. The van der Waals surface area contributed by atoms with Crippen LogP contribution in [0.2, 0.25) is 0 Å². The Morgan fingerprint density at radius 2 is 1.77 bits per heavy atom. The zero-order valence-corrected chi connectivity index (χ0v) is 7.51. The second-order valence-corrected chi connectivity index (χ2v) is 3.15. The highest BCUT2D eigenvalue weighted by molar-refractivity contribution is 5.66. The molecule has 13 heavy (non-hydrogen) atoms. The number of esters is 1. The van der Waals surface area contributed by atoms with Crippen LogP contribution in [0.1, 0.15) is 6.92 Å². The molecule has 1 unspecified atom stereocenters. The molecule has 0 spiro atoms. The van der Waals surface area contributed by atoms with Gasteiger partial charge in [0.1, 0.15) is 6.10 Å². The highest BCUT2D eigenvalue weighted by Crippen LogP contribution is 2.26. The van der Waals surface area contributed by atoms with Gasteiger partial charge in [0, 0.05) is 18.8 Å². The van der Waals surface area contributed by atoms with Crippen molar-refractivity contribution in [3.05, 3.63) is 12.2 Å². The molecular formula is C9H14O4. The van der Waals surface area contributed by atoms with Gasteiger partial charge in [0.05, 0.1) is 13.2 Å². The maximum absolute atomic E-state index is 10.7. The van der Waals surface area contributed by atoms with Crippen LogP contribution in [0.15, 0.2) is 12.2 Å². The van der Waals surface area contributed by atoms with E-state index in [-0.39, 0.29) is 31.0 Å². The van der Waals surface area contributed by atoms with E-state index in [1.807, 2.05) is 0 Å². The highest BCUT2D eigenvalue weighted by Gasteiger charge is 2.33. The van der Waals surface area contributed by atoms with Gasteiger partial charge in [-0.25, -0.2) is 0 Å². The highest BCUT2D eigenvalue weighted by atomic mass is 16.5. The van der Waals surface area contributed by atoms with Crippen molar-refractivity contribution < 1.29 is 19.7 Å². The van der Waals surface area contributed by atoms with Gasteiger partial charge in [-0.1, -0.05) is 12.2 Å². The largest absolute Gasteiger partial charge is 0.461 e. The summed E-state index contributed by atoms with van der Waals surface area (Å²) in [5.41, 5.74) is 0. The molecule has 0 radical (unpaired) electrons. The van der Waals surface area contributed by atoms with Crippen LogP contribution in [0.5, 0.6) is 0 Å². The minimum Gasteiger partial charge on any atom is -0.461 e. The summed E-state index contributed by atoms with van der Waals surface area (Å²) in [6, 6.07) is 0. The molecule has 2 N–H and O–H groups in total. The smallest absolute Gasteiger partial charge is 0.302 e. The van der Waals surface area contributed by atoms with Crippen LogP contribution in [-0.4, -0.2) is 35.5 Å². The summed E-state index contributed by atoms with van der Waals surface area (Å²) in [6.07, 6.45) is 3.13. The van der Waals surface area contributed by atoms with E-state index in [0.29, 0.717) is 0 Å². The normalized spacial score (nSPS) is 32.1. The molecule has 1 rings (SSSR count). The molecular weight excluding hydrogens is 172 g/mol. The number of rotatable bonds is 3. The summed E-state index contributed by atoms with van der Waals surface area (Å²) in [7, 11) is 0. The van der Waals surface area contributed by atoms with Crippen molar-refractivity contribution in [2.45, 2.75) is 13.0 Å². The molecule has 0 saturated carbocycles. The quantitative estimate of drug-likeness (QED) is 0.469. The molecule has 0 aromatic heterocycles. The van der Waals surface area contributed by atoms with Gasteiger partial charge in [-0.2, -0.15) is 0 Å². The SMILES string of the molecule is CC(=O)OC1[C@@H](CO)C=C[C@H]1CO. The van der Waals surface area contributed by atoms with Crippen LogP contribution < -0.4 is 0 Å². The lowest BCUT2D eigenvalue weighted by Crippen LogP contribution is -2.31. The third-order valence-electron chi connectivity index (χ3n) is 2.17. The van der Waals surface area contributed by atoms with Gasteiger partial charge in [0.25, 0.3) is 0 Å². The lowest BCUT2D eigenvalue weighted by atomic mass is 10.0. The molecule has 0 aromatic carbocycles. The Morgan fingerprint density at radius 3 is 2.08 bits per heavy atom. The molecule has 4 nitrogen and oxygen atoms in total. The molecule has 74 valence electrons. The average molecular weight is 186 g/mol. The number of carbonyl (C=O) groups is 1. The maximum Gasteiger partial charge on any atom is 0.302 e. The zero-order chi connectivity index (χ0) is 9.84. The third-order valence-corrected chi connectivity index (χ3v) is 2.17. The Kier molecular flexibility index (Phi) is 3.45. The topological polar surface area (TPSA) is 66.8 Å². The molecule has 0 aromatic rings. The van der Waals surface area contributed by atoms with Gasteiger partial charge in [-0.05, 0) is 0 Å². The van der Waals surface area contributed by atoms with Crippen LogP contribution in [0.25, 0.3) is 0 Å². The van der Waals surface area contributed by atoms with E-state index in [9.17, 15) is 4.79 Å². The fraction of sp³-hybridized carbons (Fsp3) is 0.667. The molecule has 0 saturated heterocycles. The van der Waals surface area contributed by atoms with Gasteiger partial charge in [-0.15, -0.1) is 0 Å². The van der Waals surface area contributed by atoms with Crippen LogP contribution in [0.4, 0.5) is 0 Å². The first-order valence-corrected chi connectivity index (χ1v) is 4.26. The predicted molar refractivity (Wildman–Crippen MR) is 45.8 cm³/mol. The van der Waals surface area contributed by atoms with E-state index in [1.165, 1.54) is 6.92 Å². The van der Waals surface area contributed by atoms with E-state index in [1.54, 1.807) is 12.2 Å². The third kappa shape index (κ3) is 2.29. The number of aliphatic hydroxyl groups excluding tert-OH is 2. The van der Waals surface area contributed by atoms with Crippen LogP contribution >= 0.6 is 0 Å². The van der Waals surface area contributed by atoms with Crippen LogP contribution in [0, 0.1) is 11.8 Å². The zero-order valence-electron chi connectivity index (χ0n) is 7.51. The van der Waals surface area contributed by atoms with Crippen molar-refractivity contribution in [1.82, 2.24) is 0 Å². The summed E-state index contributed by atoms with van der Waals surface area (Å²) in [6.45, 7) is 1.19. The second-order valence-electron chi connectivity index (χ2n) is 3.15. The standard InChI is InChI=1S/C9H14O4/c1-6(12)13-9-7(4-10)2-3-8(9)5-11/h2-3,7-11H,4-5H2,1H3/t7-,8+,9?.